The molecule has 1 aromatic carbocycles. The molecule has 3 rings (SSSR count). The summed E-state index contributed by atoms with van der Waals surface area (Å²) >= 11 is 1.42. The summed E-state index contributed by atoms with van der Waals surface area (Å²) in [7, 11) is 0. The maximum Gasteiger partial charge on any atom is 0.358 e. The van der Waals surface area contributed by atoms with E-state index < -0.39 is 5.97 Å². The summed E-state index contributed by atoms with van der Waals surface area (Å²) < 4.78 is 10.1. The van der Waals surface area contributed by atoms with Crippen molar-refractivity contribution in [3.8, 4) is 10.6 Å². The zero-order valence-electron chi connectivity index (χ0n) is 12.2. The Balaban J connectivity index is 1.67. The van der Waals surface area contributed by atoms with Gasteiger partial charge in [-0.15, -0.1) is 11.3 Å². The Morgan fingerprint density at radius 3 is 2.73 bits per heavy atom. The summed E-state index contributed by atoms with van der Waals surface area (Å²) in [5.74, 6) is 0.219. The van der Waals surface area contributed by atoms with Crippen molar-refractivity contribution in [2.24, 2.45) is 0 Å². The van der Waals surface area contributed by atoms with Gasteiger partial charge in [0.1, 0.15) is 23.1 Å². The summed E-state index contributed by atoms with van der Waals surface area (Å²) in [5, 5.41) is 6.27. The van der Waals surface area contributed by atoms with Crippen LogP contribution in [0, 0.1) is 13.8 Å². The molecule has 0 bridgehead atoms. The molecule has 5 nitrogen and oxygen atoms in total. The second-order valence-electron chi connectivity index (χ2n) is 4.91. The molecule has 0 unspecified atom stereocenters. The second-order valence-corrected chi connectivity index (χ2v) is 5.77. The number of benzene rings is 1. The Bertz CT molecular complexity index is 790. The number of carbonyl (C=O) groups excluding carboxylic acids is 1. The van der Waals surface area contributed by atoms with Crippen LogP contribution in [0.2, 0.25) is 0 Å². The lowest BCUT2D eigenvalue weighted by molar-refractivity contribution is 0.0458. The van der Waals surface area contributed by atoms with E-state index in [1.165, 1.54) is 16.9 Å². The largest absolute Gasteiger partial charge is 0.454 e. The van der Waals surface area contributed by atoms with Crippen molar-refractivity contribution < 1.29 is 14.1 Å². The van der Waals surface area contributed by atoms with Crippen LogP contribution in [0.25, 0.3) is 10.6 Å². The first-order valence-corrected chi connectivity index (χ1v) is 7.61. The minimum absolute atomic E-state index is 0.0769. The van der Waals surface area contributed by atoms with Crippen molar-refractivity contribution in [2.75, 3.05) is 0 Å². The average Bonchev–Trinajstić information content (AvgIpc) is 3.15. The van der Waals surface area contributed by atoms with Crippen LogP contribution in [0.15, 0.2) is 40.2 Å². The van der Waals surface area contributed by atoms with Crippen LogP contribution in [0.3, 0.4) is 0 Å². The van der Waals surface area contributed by atoms with Crippen molar-refractivity contribution in [3.05, 3.63) is 58.4 Å². The number of carbonyl (C=O) groups is 1. The first kappa shape index (κ1) is 14.5. The van der Waals surface area contributed by atoms with Gasteiger partial charge < -0.3 is 9.26 Å². The highest BCUT2D eigenvalue weighted by Gasteiger charge is 2.14. The third kappa shape index (κ3) is 3.23. The van der Waals surface area contributed by atoms with Gasteiger partial charge in [-0.25, -0.2) is 9.78 Å². The minimum atomic E-state index is -0.463. The molecular formula is C16H14N2O3S. The predicted octanol–water partition coefficient (Wildman–Crippen LogP) is 3.77. The van der Waals surface area contributed by atoms with E-state index >= 15 is 0 Å². The van der Waals surface area contributed by atoms with Crippen molar-refractivity contribution in [1.82, 2.24) is 10.1 Å². The minimum Gasteiger partial charge on any atom is -0.454 e. The van der Waals surface area contributed by atoms with Crippen molar-refractivity contribution in [2.45, 2.75) is 20.5 Å². The molecule has 2 aromatic heterocycles. The molecule has 0 spiro atoms. The van der Waals surface area contributed by atoms with Crippen LogP contribution in [0.5, 0.6) is 0 Å². The SMILES string of the molecule is Cc1ccc(-c2nc(C(=O)OCc3cc(C)on3)cs2)cc1. The van der Waals surface area contributed by atoms with E-state index in [1.807, 2.05) is 31.2 Å². The van der Waals surface area contributed by atoms with Gasteiger partial charge in [-0.3, -0.25) is 0 Å². The van der Waals surface area contributed by atoms with Gasteiger partial charge in [-0.2, -0.15) is 0 Å². The van der Waals surface area contributed by atoms with Crippen LogP contribution in [0.4, 0.5) is 0 Å². The van der Waals surface area contributed by atoms with Gasteiger partial charge in [0.2, 0.25) is 0 Å². The molecule has 0 atom stereocenters. The fraction of sp³-hybridized carbons (Fsp3) is 0.188. The lowest BCUT2D eigenvalue weighted by Crippen LogP contribution is -2.05. The molecule has 0 aliphatic carbocycles. The monoisotopic (exact) mass is 314 g/mol. The summed E-state index contributed by atoms with van der Waals surface area (Å²) in [6, 6.07) is 9.73. The average molecular weight is 314 g/mol. The molecule has 0 radical (unpaired) electrons. The van der Waals surface area contributed by atoms with Gasteiger partial charge in [0.25, 0.3) is 0 Å². The van der Waals surface area contributed by atoms with E-state index in [2.05, 4.69) is 10.1 Å². The van der Waals surface area contributed by atoms with E-state index in [0.717, 1.165) is 10.6 Å². The summed E-state index contributed by atoms with van der Waals surface area (Å²) in [5.41, 5.74) is 3.06. The first-order chi connectivity index (χ1) is 10.6. The lowest BCUT2D eigenvalue weighted by atomic mass is 10.2. The third-order valence-electron chi connectivity index (χ3n) is 3.04. The molecule has 0 fully saturated rings. The Kier molecular flexibility index (Phi) is 4.02. The molecule has 2 heterocycles. The Hall–Kier alpha value is -2.47. The predicted molar refractivity (Wildman–Crippen MR) is 82.6 cm³/mol. The Morgan fingerprint density at radius 2 is 2.05 bits per heavy atom. The molecule has 0 saturated carbocycles. The van der Waals surface area contributed by atoms with Gasteiger partial charge in [0.05, 0.1) is 0 Å². The molecule has 6 heteroatoms. The molecule has 3 aromatic rings. The normalized spacial score (nSPS) is 10.6. The number of thiazole rings is 1. The van der Waals surface area contributed by atoms with Gasteiger partial charge in [-0.1, -0.05) is 35.0 Å². The molecule has 0 aliphatic rings. The highest BCUT2D eigenvalue weighted by Crippen LogP contribution is 2.24. The number of hydrogen-bond acceptors (Lipinski definition) is 6. The number of aromatic nitrogens is 2. The van der Waals surface area contributed by atoms with Gasteiger partial charge in [0, 0.05) is 17.0 Å². The Morgan fingerprint density at radius 1 is 1.27 bits per heavy atom. The Labute approximate surface area is 131 Å². The fourth-order valence-electron chi connectivity index (χ4n) is 1.90. The lowest BCUT2D eigenvalue weighted by Gasteiger charge is -1.99. The smallest absolute Gasteiger partial charge is 0.358 e. The number of nitrogens with zero attached hydrogens (tertiary/aromatic N) is 2. The number of aryl methyl sites for hydroxylation is 2. The van der Waals surface area contributed by atoms with E-state index in [4.69, 9.17) is 9.26 Å². The third-order valence-corrected chi connectivity index (χ3v) is 3.93. The molecule has 22 heavy (non-hydrogen) atoms. The van der Waals surface area contributed by atoms with Crippen LogP contribution < -0.4 is 0 Å². The molecular weight excluding hydrogens is 300 g/mol. The maximum absolute atomic E-state index is 12.0. The standard InChI is InChI=1S/C16H14N2O3S/c1-10-3-5-12(6-4-10)15-17-14(9-22-15)16(19)20-8-13-7-11(2)21-18-13/h3-7,9H,8H2,1-2H3. The first-order valence-electron chi connectivity index (χ1n) is 6.74. The van der Waals surface area contributed by atoms with E-state index in [0.29, 0.717) is 17.1 Å². The summed E-state index contributed by atoms with van der Waals surface area (Å²) in [6.07, 6.45) is 0. The van der Waals surface area contributed by atoms with Gasteiger partial charge in [-0.05, 0) is 13.8 Å². The van der Waals surface area contributed by atoms with Gasteiger partial charge >= 0.3 is 5.97 Å². The number of rotatable bonds is 4. The van der Waals surface area contributed by atoms with Crippen LogP contribution in [-0.2, 0) is 11.3 Å². The highest BCUT2D eigenvalue weighted by molar-refractivity contribution is 7.13. The zero-order chi connectivity index (χ0) is 15.5. The molecule has 0 aliphatic heterocycles. The molecule has 112 valence electrons. The maximum atomic E-state index is 12.0. The zero-order valence-corrected chi connectivity index (χ0v) is 13.0. The van der Waals surface area contributed by atoms with Crippen LogP contribution >= 0.6 is 11.3 Å². The highest BCUT2D eigenvalue weighted by atomic mass is 32.1. The number of ether oxygens (including phenoxy) is 1. The number of esters is 1. The molecule has 0 N–H and O–H groups in total. The summed E-state index contributed by atoms with van der Waals surface area (Å²) in [6.45, 7) is 3.89. The van der Waals surface area contributed by atoms with Gasteiger partial charge in [0.15, 0.2) is 5.69 Å². The van der Waals surface area contributed by atoms with Crippen molar-refractivity contribution >= 4 is 17.3 Å². The number of hydrogen-bond donors (Lipinski definition) is 0. The van der Waals surface area contributed by atoms with E-state index in [9.17, 15) is 4.79 Å². The topological polar surface area (TPSA) is 65.2 Å². The molecule has 0 saturated heterocycles. The van der Waals surface area contributed by atoms with Crippen LogP contribution in [-0.4, -0.2) is 16.1 Å². The van der Waals surface area contributed by atoms with Crippen LogP contribution in [0.1, 0.15) is 27.5 Å². The van der Waals surface area contributed by atoms with E-state index in [1.54, 1.807) is 18.4 Å². The fourth-order valence-corrected chi connectivity index (χ4v) is 2.69. The quantitative estimate of drug-likeness (QED) is 0.686. The van der Waals surface area contributed by atoms with Crippen molar-refractivity contribution in [3.63, 3.8) is 0 Å². The summed E-state index contributed by atoms with van der Waals surface area (Å²) in [4.78, 5) is 16.3. The van der Waals surface area contributed by atoms with Crippen molar-refractivity contribution in [1.29, 1.82) is 0 Å². The molecule has 0 amide bonds. The van der Waals surface area contributed by atoms with E-state index in [-0.39, 0.29) is 6.61 Å². The second kappa shape index (κ2) is 6.11.